The van der Waals surface area contributed by atoms with E-state index in [1.807, 2.05) is 36.5 Å². The Morgan fingerprint density at radius 2 is 1.92 bits per heavy atom. The van der Waals surface area contributed by atoms with Crippen molar-refractivity contribution < 1.29 is 4.74 Å². The molecule has 5 nitrogen and oxygen atoms in total. The molecule has 0 spiro atoms. The van der Waals surface area contributed by atoms with Crippen molar-refractivity contribution in [2.75, 3.05) is 24.6 Å². The van der Waals surface area contributed by atoms with Gasteiger partial charge >= 0.3 is 0 Å². The van der Waals surface area contributed by atoms with Crippen molar-refractivity contribution in [2.24, 2.45) is 0 Å². The molecule has 1 aliphatic rings. The first-order valence-electron chi connectivity index (χ1n) is 8.89. The van der Waals surface area contributed by atoms with Gasteiger partial charge in [-0.25, -0.2) is 9.97 Å². The molecule has 1 aromatic carbocycles. The van der Waals surface area contributed by atoms with Crippen molar-refractivity contribution >= 4 is 16.7 Å². The SMILES string of the molecule is CCOC1CCN(c2nc(-c3cccnc3)nc3ccccc23)CC1. The molecular formula is C20H22N4O. The normalized spacial score (nSPS) is 15.6. The second-order valence-corrected chi connectivity index (χ2v) is 6.27. The van der Waals surface area contributed by atoms with Gasteiger partial charge in [0.25, 0.3) is 0 Å². The Morgan fingerprint density at radius 3 is 2.68 bits per heavy atom. The first kappa shape index (κ1) is 16.0. The Kier molecular flexibility index (Phi) is 4.57. The van der Waals surface area contributed by atoms with Gasteiger partial charge in [-0.2, -0.15) is 0 Å². The van der Waals surface area contributed by atoms with Crippen molar-refractivity contribution in [2.45, 2.75) is 25.9 Å². The number of rotatable bonds is 4. The fourth-order valence-corrected chi connectivity index (χ4v) is 3.40. The van der Waals surface area contributed by atoms with Gasteiger partial charge in [0.15, 0.2) is 5.82 Å². The van der Waals surface area contributed by atoms with Crippen LogP contribution in [0.2, 0.25) is 0 Å². The van der Waals surface area contributed by atoms with E-state index in [4.69, 9.17) is 14.7 Å². The van der Waals surface area contributed by atoms with E-state index in [2.05, 4.69) is 22.9 Å². The highest BCUT2D eigenvalue weighted by Crippen LogP contribution is 2.29. The summed E-state index contributed by atoms with van der Waals surface area (Å²) in [6.07, 6.45) is 6.02. The number of aromatic nitrogens is 3. The topological polar surface area (TPSA) is 51.1 Å². The summed E-state index contributed by atoms with van der Waals surface area (Å²) in [5, 5.41) is 1.10. The lowest BCUT2D eigenvalue weighted by atomic mass is 10.1. The number of fused-ring (bicyclic) bond motifs is 1. The zero-order chi connectivity index (χ0) is 17.1. The third-order valence-corrected chi connectivity index (χ3v) is 4.65. The number of nitrogens with zero attached hydrogens (tertiary/aromatic N) is 4. The Bertz CT molecular complexity index is 845. The molecule has 0 atom stereocenters. The third-order valence-electron chi connectivity index (χ3n) is 4.65. The van der Waals surface area contributed by atoms with Crippen molar-refractivity contribution in [1.29, 1.82) is 0 Å². The predicted molar refractivity (Wildman–Crippen MR) is 99.6 cm³/mol. The minimum Gasteiger partial charge on any atom is -0.378 e. The molecule has 0 bridgehead atoms. The summed E-state index contributed by atoms with van der Waals surface area (Å²) in [6, 6.07) is 12.1. The van der Waals surface area contributed by atoms with E-state index in [9.17, 15) is 0 Å². The average Bonchev–Trinajstić information content (AvgIpc) is 2.69. The summed E-state index contributed by atoms with van der Waals surface area (Å²) < 4.78 is 5.78. The number of ether oxygens (including phenoxy) is 1. The van der Waals surface area contributed by atoms with Crippen molar-refractivity contribution in [3.63, 3.8) is 0 Å². The van der Waals surface area contributed by atoms with Crippen LogP contribution in [-0.2, 0) is 4.74 Å². The number of para-hydroxylation sites is 1. The Labute approximate surface area is 147 Å². The second-order valence-electron chi connectivity index (χ2n) is 6.27. The smallest absolute Gasteiger partial charge is 0.163 e. The first-order chi connectivity index (χ1) is 12.3. The average molecular weight is 334 g/mol. The molecule has 25 heavy (non-hydrogen) atoms. The molecular weight excluding hydrogens is 312 g/mol. The van der Waals surface area contributed by atoms with Crippen LogP contribution in [0.5, 0.6) is 0 Å². The zero-order valence-electron chi connectivity index (χ0n) is 14.4. The van der Waals surface area contributed by atoms with Gasteiger partial charge in [-0.15, -0.1) is 0 Å². The zero-order valence-corrected chi connectivity index (χ0v) is 14.4. The number of hydrogen-bond donors (Lipinski definition) is 0. The number of anilines is 1. The lowest BCUT2D eigenvalue weighted by Gasteiger charge is -2.33. The Balaban J connectivity index is 1.72. The molecule has 2 aromatic heterocycles. The summed E-state index contributed by atoms with van der Waals surface area (Å²) in [5.41, 5.74) is 1.91. The highest BCUT2D eigenvalue weighted by molar-refractivity contribution is 5.91. The van der Waals surface area contributed by atoms with E-state index >= 15 is 0 Å². The number of piperidine rings is 1. The minimum atomic E-state index is 0.368. The monoisotopic (exact) mass is 334 g/mol. The van der Waals surface area contributed by atoms with Gasteiger partial charge in [-0.05, 0) is 44.0 Å². The summed E-state index contributed by atoms with van der Waals surface area (Å²) in [4.78, 5) is 16.2. The fraction of sp³-hybridized carbons (Fsp3) is 0.350. The largest absolute Gasteiger partial charge is 0.378 e. The van der Waals surface area contributed by atoms with Gasteiger partial charge < -0.3 is 9.64 Å². The minimum absolute atomic E-state index is 0.368. The van der Waals surface area contributed by atoms with E-state index in [0.717, 1.165) is 60.6 Å². The maximum absolute atomic E-state index is 5.78. The van der Waals surface area contributed by atoms with E-state index < -0.39 is 0 Å². The number of hydrogen-bond acceptors (Lipinski definition) is 5. The standard InChI is InChI=1S/C20H22N4O/c1-2-25-16-9-12-24(13-10-16)20-17-7-3-4-8-18(17)22-19(23-20)15-6-5-11-21-14-15/h3-8,11,14,16H,2,9-10,12-13H2,1H3. The molecule has 1 fully saturated rings. The number of pyridine rings is 1. The molecule has 0 saturated carbocycles. The van der Waals surface area contributed by atoms with Crippen LogP contribution in [-0.4, -0.2) is 40.8 Å². The van der Waals surface area contributed by atoms with Gasteiger partial charge in [0.05, 0.1) is 11.6 Å². The van der Waals surface area contributed by atoms with Crippen LogP contribution < -0.4 is 4.90 Å². The first-order valence-corrected chi connectivity index (χ1v) is 8.89. The van der Waals surface area contributed by atoms with Gasteiger partial charge in [0, 0.05) is 43.0 Å². The second kappa shape index (κ2) is 7.15. The Hall–Kier alpha value is -2.53. The van der Waals surface area contributed by atoms with E-state index in [-0.39, 0.29) is 0 Å². The molecule has 128 valence electrons. The summed E-state index contributed by atoms with van der Waals surface area (Å²) in [6.45, 7) is 4.76. The summed E-state index contributed by atoms with van der Waals surface area (Å²) >= 11 is 0. The van der Waals surface area contributed by atoms with Crippen LogP contribution in [0.15, 0.2) is 48.8 Å². The van der Waals surface area contributed by atoms with Crippen LogP contribution in [0, 0.1) is 0 Å². The molecule has 1 saturated heterocycles. The maximum Gasteiger partial charge on any atom is 0.163 e. The lowest BCUT2D eigenvalue weighted by molar-refractivity contribution is 0.0459. The van der Waals surface area contributed by atoms with E-state index in [0.29, 0.717) is 6.10 Å². The molecule has 1 aliphatic heterocycles. The van der Waals surface area contributed by atoms with Gasteiger partial charge in [-0.3, -0.25) is 4.98 Å². The fourth-order valence-electron chi connectivity index (χ4n) is 3.40. The lowest BCUT2D eigenvalue weighted by Crippen LogP contribution is -2.37. The van der Waals surface area contributed by atoms with Gasteiger partial charge in [-0.1, -0.05) is 12.1 Å². The molecule has 4 rings (SSSR count). The highest BCUT2D eigenvalue weighted by atomic mass is 16.5. The molecule has 0 unspecified atom stereocenters. The van der Waals surface area contributed by atoms with Crippen LogP contribution in [0.4, 0.5) is 5.82 Å². The van der Waals surface area contributed by atoms with Crippen LogP contribution in [0.25, 0.3) is 22.3 Å². The van der Waals surface area contributed by atoms with E-state index in [1.54, 1.807) is 6.20 Å². The maximum atomic E-state index is 5.78. The quantitative estimate of drug-likeness (QED) is 0.728. The molecule has 3 aromatic rings. The van der Waals surface area contributed by atoms with Crippen molar-refractivity contribution in [1.82, 2.24) is 15.0 Å². The van der Waals surface area contributed by atoms with Crippen LogP contribution in [0.3, 0.4) is 0 Å². The van der Waals surface area contributed by atoms with Crippen molar-refractivity contribution in [3.8, 4) is 11.4 Å². The van der Waals surface area contributed by atoms with E-state index in [1.165, 1.54) is 0 Å². The molecule has 0 N–H and O–H groups in total. The molecule has 0 amide bonds. The molecule has 5 heteroatoms. The summed E-state index contributed by atoms with van der Waals surface area (Å²) in [7, 11) is 0. The Morgan fingerprint density at radius 1 is 1.08 bits per heavy atom. The molecule has 0 aliphatic carbocycles. The predicted octanol–water partition coefficient (Wildman–Crippen LogP) is 3.70. The van der Waals surface area contributed by atoms with Crippen LogP contribution >= 0.6 is 0 Å². The summed E-state index contributed by atoms with van der Waals surface area (Å²) in [5.74, 6) is 1.74. The molecule has 3 heterocycles. The van der Waals surface area contributed by atoms with Crippen LogP contribution in [0.1, 0.15) is 19.8 Å². The van der Waals surface area contributed by atoms with Gasteiger partial charge in [0.1, 0.15) is 5.82 Å². The highest BCUT2D eigenvalue weighted by Gasteiger charge is 2.22. The number of benzene rings is 1. The molecule has 0 radical (unpaired) electrons. The van der Waals surface area contributed by atoms with Gasteiger partial charge in [0.2, 0.25) is 0 Å². The third kappa shape index (κ3) is 3.33. The van der Waals surface area contributed by atoms with Crippen molar-refractivity contribution in [3.05, 3.63) is 48.8 Å².